The molecule has 0 radical (unpaired) electrons. The molecule has 0 bridgehead atoms. The van der Waals surface area contributed by atoms with Crippen molar-refractivity contribution in [3.8, 4) is 0 Å². The fourth-order valence-electron chi connectivity index (χ4n) is 3.54. The summed E-state index contributed by atoms with van der Waals surface area (Å²) in [7, 11) is -7.31. The van der Waals surface area contributed by atoms with Gasteiger partial charge in [-0.05, 0) is 55.7 Å². The Labute approximate surface area is 157 Å². The van der Waals surface area contributed by atoms with E-state index in [1.54, 1.807) is 0 Å². The molecule has 26 heavy (non-hydrogen) atoms. The fraction of sp³-hybridized carbons (Fsp3) is 0.667. The summed E-state index contributed by atoms with van der Waals surface area (Å²) in [5, 5.41) is 0. The SMILES string of the molecule is CC1CCN(S(=O)(=O)c2cccc(S(=O)(=O)N3CCC(C)CC3)c2)CC1. The van der Waals surface area contributed by atoms with Gasteiger partial charge in [-0.3, -0.25) is 0 Å². The molecular weight excluding hydrogens is 372 g/mol. The Morgan fingerprint density at radius 3 is 1.42 bits per heavy atom. The zero-order valence-corrected chi connectivity index (χ0v) is 17.1. The van der Waals surface area contributed by atoms with Crippen LogP contribution in [0.25, 0.3) is 0 Å². The first kappa shape index (κ1) is 19.8. The Bertz CT molecular complexity index is 768. The van der Waals surface area contributed by atoms with E-state index in [9.17, 15) is 16.8 Å². The van der Waals surface area contributed by atoms with E-state index in [-0.39, 0.29) is 9.79 Å². The molecule has 0 unspecified atom stereocenters. The van der Waals surface area contributed by atoms with Crippen LogP contribution in [0.2, 0.25) is 0 Å². The van der Waals surface area contributed by atoms with E-state index in [1.807, 2.05) is 0 Å². The molecule has 6 nitrogen and oxygen atoms in total. The van der Waals surface area contributed by atoms with Gasteiger partial charge >= 0.3 is 0 Å². The molecule has 0 N–H and O–H groups in total. The number of benzene rings is 1. The van der Waals surface area contributed by atoms with Crippen LogP contribution in [0, 0.1) is 11.8 Å². The van der Waals surface area contributed by atoms with E-state index in [0.717, 1.165) is 25.7 Å². The molecule has 1 aromatic carbocycles. The highest BCUT2D eigenvalue weighted by Crippen LogP contribution is 2.27. The third kappa shape index (κ3) is 3.98. The fourth-order valence-corrected chi connectivity index (χ4v) is 6.65. The summed E-state index contributed by atoms with van der Waals surface area (Å²) >= 11 is 0. The van der Waals surface area contributed by atoms with Crippen molar-refractivity contribution < 1.29 is 16.8 Å². The molecular formula is C18H28N2O4S2. The number of sulfonamides is 2. The smallest absolute Gasteiger partial charge is 0.207 e. The summed E-state index contributed by atoms with van der Waals surface area (Å²) in [6, 6.07) is 5.83. The molecule has 1 aromatic rings. The van der Waals surface area contributed by atoms with Crippen LogP contribution in [0.4, 0.5) is 0 Å². The molecule has 2 saturated heterocycles. The number of piperidine rings is 2. The Morgan fingerprint density at radius 2 is 1.08 bits per heavy atom. The van der Waals surface area contributed by atoms with E-state index < -0.39 is 20.0 Å². The lowest BCUT2D eigenvalue weighted by Crippen LogP contribution is -2.39. The summed E-state index contributed by atoms with van der Waals surface area (Å²) in [5.74, 6) is 1.05. The highest BCUT2D eigenvalue weighted by Gasteiger charge is 2.31. The summed E-state index contributed by atoms with van der Waals surface area (Å²) in [6.45, 7) is 6.21. The van der Waals surface area contributed by atoms with Gasteiger partial charge in [0, 0.05) is 26.2 Å². The summed E-state index contributed by atoms with van der Waals surface area (Å²) in [6.07, 6.45) is 3.35. The molecule has 0 aliphatic carbocycles. The molecule has 3 rings (SSSR count). The van der Waals surface area contributed by atoms with Gasteiger partial charge in [0.1, 0.15) is 0 Å². The molecule has 0 amide bonds. The van der Waals surface area contributed by atoms with Gasteiger partial charge in [-0.2, -0.15) is 8.61 Å². The first-order chi connectivity index (χ1) is 12.2. The normalized spacial score (nSPS) is 22.5. The topological polar surface area (TPSA) is 74.8 Å². The lowest BCUT2D eigenvalue weighted by molar-refractivity contribution is 0.287. The van der Waals surface area contributed by atoms with Crippen LogP contribution in [0.3, 0.4) is 0 Å². The number of hydrogen-bond acceptors (Lipinski definition) is 4. The van der Waals surface area contributed by atoms with Gasteiger partial charge in [-0.1, -0.05) is 19.9 Å². The molecule has 0 atom stereocenters. The summed E-state index contributed by atoms with van der Waals surface area (Å²) in [4.78, 5) is 0.136. The third-order valence-electron chi connectivity index (χ3n) is 5.57. The lowest BCUT2D eigenvalue weighted by Gasteiger charge is -2.30. The molecule has 146 valence electrons. The van der Waals surface area contributed by atoms with Crippen molar-refractivity contribution in [1.82, 2.24) is 8.61 Å². The molecule has 2 fully saturated rings. The van der Waals surface area contributed by atoms with E-state index in [2.05, 4.69) is 13.8 Å². The van der Waals surface area contributed by atoms with Crippen LogP contribution in [-0.4, -0.2) is 51.6 Å². The molecule has 2 aliphatic heterocycles. The van der Waals surface area contributed by atoms with Gasteiger partial charge < -0.3 is 0 Å². The zero-order valence-electron chi connectivity index (χ0n) is 15.5. The predicted molar refractivity (Wildman–Crippen MR) is 101 cm³/mol. The summed E-state index contributed by atoms with van der Waals surface area (Å²) in [5.41, 5.74) is 0. The minimum atomic E-state index is -3.66. The van der Waals surface area contributed by atoms with Gasteiger partial charge in [0.15, 0.2) is 0 Å². The van der Waals surface area contributed by atoms with Gasteiger partial charge in [-0.25, -0.2) is 16.8 Å². The molecule has 0 saturated carbocycles. The Kier molecular flexibility index (Phi) is 5.77. The number of nitrogens with zero attached hydrogens (tertiary/aromatic N) is 2. The van der Waals surface area contributed by atoms with Crippen molar-refractivity contribution in [2.75, 3.05) is 26.2 Å². The quantitative estimate of drug-likeness (QED) is 0.778. The van der Waals surface area contributed by atoms with Gasteiger partial charge in [0.05, 0.1) is 9.79 Å². The second-order valence-corrected chi connectivity index (χ2v) is 11.5. The number of rotatable bonds is 4. The summed E-state index contributed by atoms with van der Waals surface area (Å²) < 4.78 is 54.6. The van der Waals surface area contributed by atoms with Crippen LogP contribution < -0.4 is 0 Å². The Morgan fingerprint density at radius 1 is 0.731 bits per heavy atom. The van der Waals surface area contributed by atoms with Crippen LogP contribution in [0.15, 0.2) is 34.1 Å². The largest absolute Gasteiger partial charge is 0.243 e. The minimum Gasteiger partial charge on any atom is -0.207 e. The maximum atomic E-state index is 12.9. The van der Waals surface area contributed by atoms with Gasteiger partial charge in [0.25, 0.3) is 0 Å². The second kappa shape index (κ2) is 7.58. The Hall–Kier alpha value is -0.960. The predicted octanol–water partition coefficient (Wildman–Crippen LogP) is 2.53. The van der Waals surface area contributed by atoms with Crippen molar-refractivity contribution >= 4 is 20.0 Å². The lowest BCUT2D eigenvalue weighted by atomic mass is 10.0. The van der Waals surface area contributed by atoms with Crippen molar-refractivity contribution in [3.63, 3.8) is 0 Å². The minimum absolute atomic E-state index is 0.0681. The van der Waals surface area contributed by atoms with Crippen LogP contribution >= 0.6 is 0 Å². The van der Waals surface area contributed by atoms with Gasteiger partial charge in [0.2, 0.25) is 20.0 Å². The Balaban J connectivity index is 1.86. The highest BCUT2D eigenvalue weighted by atomic mass is 32.2. The van der Waals surface area contributed by atoms with Crippen molar-refractivity contribution in [1.29, 1.82) is 0 Å². The molecule has 2 heterocycles. The average molecular weight is 401 g/mol. The highest BCUT2D eigenvalue weighted by molar-refractivity contribution is 7.90. The zero-order chi connectivity index (χ0) is 18.9. The first-order valence-electron chi connectivity index (χ1n) is 9.31. The monoisotopic (exact) mass is 400 g/mol. The van der Waals surface area contributed by atoms with Crippen LogP contribution in [0.5, 0.6) is 0 Å². The van der Waals surface area contributed by atoms with Crippen molar-refractivity contribution in [2.45, 2.75) is 49.3 Å². The molecule has 8 heteroatoms. The standard InChI is InChI=1S/C18H28N2O4S2/c1-15-6-10-19(11-7-15)25(21,22)17-4-3-5-18(14-17)26(23,24)20-12-8-16(2)9-13-20/h3-5,14-16H,6-13H2,1-2H3. The number of hydrogen-bond donors (Lipinski definition) is 0. The van der Waals surface area contributed by atoms with Crippen molar-refractivity contribution in [3.05, 3.63) is 24.3 Å². The van der Waals surface area contributed by atoms with E-state index in [1.165, 1.54) is 32.9 Å². The molecule has 0 aromatic heterocycles. The van der Waals surface area contributed by atoms with E-state index in [0.29, 0.717) is 38.0 Å². The van der Waals surface area contributed by atoms with Gasteiger partial charge in [-0.15, -0.1) is 0 Å². The van der Waals surface area contributed by atoms with E-state index >= 15 is 0 Å². The van der Waals surface area contributed by atoms with Crippen LogP contribution in [-0.2, 0) is 20.0 Å². The first-order valence-corrected chi connectivity index (χ1v) is 12.2. The second-order valence-electron chi connectivity index (χ2n) is 7.65. The van der Waals surface area contributed by atoms with Crippen LogP contribution in [0.1, 0.15) is 39.5 Å². The average Bonchev–Trinajstić information content (AvgIpc) is 2.62. The maximum Gasteiger partial charge on any atom is 0.243 e. The molecule has 0 spiro atoms. The van der Waals surface area contributed by atoms with Crippen molar-refractivity contribution in [2.24, 2.45) is 11.8 Å². The molecule has 2 aliphatic rings. The maximum absolute atomic E-state index is 12.9. The third-order valence-corrected chi connectivity index (χ3v) is 9.36. The van der Waals surface area contributed by atoms with E-state index in [4.69, 9.17) is 0 Å².